The second-order valence-corrected chi connectivity index (χ2v) is 14.6. The fraction of sp³-hybridized carbons (Fsp3) is 0.459. The molecule has 2 aromatic carbocycles. The zero-order valence-electron chi connectivity index (χ0n) is 24.0. The van der Waals surface area contributed by atoms with Gasteiger partial charge < -0.3 is 0 Å². The van der Waals surface area contributed by atoms with Crippen LogP contribution in [0.4, 0.5) is 0 Å². The van der Waals surface area contributed by atoms with Gasteiger partial charge in [-0.3, -0.25) is 0 Å². The molecule has 0 saturated heterocycles. The fourth-order valence-electron chi connectivity index (χ4n) is 7.24. The summed E-state index contributed by atoms with van der Waals surface area (Å²) in [5.74, 6) is 0. The second kappa shape index (κ2) is 12.1. The lowest BCUT2D eigenvalue weighted by Gasteiger charge is -2.33. The molecule has 6 rings (SSSR count). The van der Waals surface area contributed by atoms with Gasteiger partial charge in [-0.2, -0.15) is 0 Å². The highest BCUT2D eigenvalue weighted by Crippen LogP contribution is 2.55. The van der Waals surface area contributed by atoms with Gasteiger partial charge in [-0.05, 0) is 84.8 Å². The Balaban J connectivity index is 1.38. The van der Waals surface area contributed by atoms with E-state index < -0.39 is 0 Å². The Morgan fingerprint density at radius 1 is 0.487 bits per heavy atom. The van der Waals surface area contributed by atoms with Crippen LogP contribution in [-0.4, -0.2) is 0 Å². The van der Waals surface area contributed by atoms with Gasteiger partial charge >= 0.3 is 0 Å². The number of thiophene rings is 2. The molecule has 39 heavy (non-hydrogen) atoms. The maximum Gasteiger partial charge on any atom is 0.0449 e. The first kappa shape index (κ1) is 27.0. The Bertz CT molecular complexity index is 1380. The minimum absolute atomic E-state index is 0.165. The molecule has 0 nitrogen and oxygen atoms in total. The first-order chi connectivity index (χ1) is 19.1. The minimum atomic E-state index is 0.165. The topological polar surface area (TPSA) is 0 Å². The monoisotopic (exact) mass is 552 g/mol. The fourth-order valence-corrected chi connectivity index (χ4v) is 9.20. The van der Waals surface area contributed by atoms with Crippen molar-refractivity contribution in [3.05, 3.63) is 82.2 Å². The zero-order chi connectivity index (χ0) is 26.7. The molecule has 2 heterocycles. The summed E-state index contributed by atoms with van der Waals surface area (Å²) in [6.45, 7) is 4.49. The molecule has 2 aliphatic carbocycles. The van der Waals surface area contributed by atoms with Crippen molar-refractivity contribution in [1.82, 2.24) is 0 Å². The predicted octanol–water partition coefficient (Wildman–Crippen LogP) is 12.5. The Morgan fingerprint density at radius 3 is 1.62 bits per heavy atom. The number of hydrogen-bond donors (Lipinski definition) is 0. The number of rotatable bonds is 2. The van der Waals surface area contributed by atoms with Gasteiger partial charge in [0.1, 0.15) is 0 Å². The molecule has 0 aliphatic heterocycles. The van der Waals surface area contributed by atoms with E-state index in [1.807, 2.05) is 22.7 Å². The maximum atomic E-state index is 2.61. The SMILES string of the molecule is Cc1ccc2c(c1)C1(CCCCCCCCCCCCCC1)c1cc(-c3ccc(-c4ccc(C)s4)s3)ccc1-2. The van der Waals surface area contributed by atoms with Crippen LogP contribution in [0.1, 0.15) is 111 Å². The maximum absolute atomic E-state index is 2.61. The van der Waals surface area contributed by atoms with E-state index in [0.717, 1.165) is 0 Å². The Labute approximate surface area is 244 Å². The van der Waals surface area contributed by atoms with Crippen LogP contribution in [-0.2, 0) is 5.41 Å². The molecule has 2 aromatic heterocycles. The minimum Gasteiger partial charge on any atom is -0.140 e. The molecule has 0 unspecified atom stereocenters. The van der Waals surface area contributed by atoms with Crippen molar-refractivity contribution in [2.24, 2.45) is 0 Å². The van der Waals surface area contributed by atoms with Crippen molar-refractivity contribution >= 4 is 22.7 Å². The van der Waals surface area contributed by atoms with Crippen molar-refractivity contribution in [2.75, 3.05) is 0 Å². The summed E-state index contributed by atoms with van der Waals surface area (Å²) < 4.78 is 0. The number of aryl methyl sites for hydroxylation is 2. The molecule has 1 spiro atoms. The Kier molecular flexibility index (Phi) is 8.42. The summed E-state index contributed by atoms with van der Waals surface area (Å²) >= 11 is 3.86. The van der Waals surface area contributed by atoms with E-state index in [1.54, 1.807) is 11.1 Å². The predicted molar refractivity (Wildman–Crippen MR) is 173 cm³/mol. The van der Waals surface area contributed by atoms with Crippen LogP contribution in [0.2, 0.25) is 0 Å². The highest BCUT2D eigenvalue weighted by atomic mass is 32.1. The first-order valence-electron chi connectivity index (χ1n) is 15.6. The van der Waals surface area contributed by atoms with Crippen LogP contribution < -0.4 is 0 Å². The number of benzene rings is 2. The summed E-state index contributed by atoms with van der Waals surface area (Å²) in [5.41, 5.74) is 9.21. The van der Waals surface area contributed by atoms with Gasteiger partial charge in [0.25, 0.3) is 0 Å². The molecule has 1 fully saturated rings. The van der Waals surface area contributed by atoms with E-state index in [1.165, 1.54) is 132 Å². The van der Waals surface area contributed by atoms with Crippen LogP contribution >= 0.6 is 22.7 Å². The van der Waals surface area contributed by atoms with Gasteiger partial charge in [0, 0.05) is 24.9 Å². The molecule has 2 aliphatic rings. The van der Waals surface area contributed by atoms with Crippen LogP contribution in [0.25, 0.3) is 31.3 Å². The van der Waals surface area contributed by atoms with E-state index in [4.69, 9.17) is 0 Å². The van der Waals surface area contributed by atoms with Crippen molar-refractivity contribution in [3.63, 3.8) is 0 Å². The average molecular weight is 553 g/mol. The van der Waals surface area contributed by atoms with E-state index in [0.29, 0.717) is 0 Å². The Morgan fingerprint density at radius 2 is 1.00 bits per heavy atom. The van der Waals surface area contributed by atoms with Crippen molar-refractivity contribution in [2.45, 2.75) is 109 Å². The molecule has 204 valence electrons. The molecule has 4 aromatic rings. The van der Waals surface area contributed by atoms with Gasteiger partial charge in [0.2, 0.25) is 0 Å². The summed E-state index contributed by atoms with van der Waals surface area (Å²) in [6.07, 6.45) is 19.5. The highest BCUT2D eigenvalue weighted by Gasteiger charge is 2.42. The molecule has 0 bridgehead atoms. The van der Waals surface area contributed by atoms with E-state index in [-0.39, 0.29) is 5.41 Å². The summed E-state index contributed by atoms with van der Waals surface area (Å²) in [4.78, 5) is 5.58. The lowest BCUT2D eigenvalue weighted by Crippen LogP contribution is -2.25. The van der Waals surface area contributed by atoms with Gasteiger partial charge in [0.15, 0.2) is 0 Å². The molecule has 0 radical (unpaired) electrons. The smallest absolute Gasteiger partial charge is 0.0449 e. The van der Waals surface area contributed by atoms with Gasteiger partial charge in [-0.25, -0.2) is 0 Å². The van der Waals surface area contributed by atoms with Gasteiger partial charge in [-0.15, -0.1) is 22.7 Å². The number of hydrogen-bond acceptors (Lipinski definition) is 2. The summed E-state index contributed by atoms with van der Waals surface area (Å²) in [5, 5.41) is 0. The third kappa shape index (κ3) is 5.70. The second-order valence-electron chi connectivity index (χ2n) is 12.2. The largest absolute Gasteiger partial charge is 0.140 e. The standard InChI is InChI=1S/C37H44S2/c1-27-15-18-30-31-19-17-29(34-21-22-36(39-34)35-20-16-28(2)38-35)26-33(31)37(32(30)25-27)23-13-11-9-7-5-3-4-6-8-10-12-14-24-37/h15-22,25-26H,3-14,23-24H2,1-2H3. The normalized spacial score (nSPS) is 18.3. The van der Waals surface area contributed by atoms with Gasteiger partial charge in [0.05, 0.1) is 0 Å². The first-order valence-corrected chi connectivity index (χ1v) is 17.2. The average Bonchev–Trinajstić information content (AvgIpc) is 3.66. The van der Waals surface area contributed by atoms with Crippen LogP contribution in [0, 0.1) is 13.8 Å². The zero-order valence-corrected chi connectivity index (χ0v) is 25.6. The summed E-state index contributed by atoms with van der Waals surface area (Å²) in [7, 11) is 0. The van der Waals surface area contributed by atoms with Crippen LogP contribution in [0.5, 0.6) is 0 Å². The van der Waals surface area contributed by atoms with Crippen molar-refractivity contribution in [3.8, 4) is 31.3 Å². The molecule has 2 heteroatoms. The third-order valence-corrected chi connectivity index (χ3v) is 11.7. The molecular weight excluding hydrogens is 509 g/mol. The van der Waals surface area contributed by atoms with Gasteiger partial charge in [-0.1, -0.05) is 113 Å². The lowest BCUT2D eigenvalue weighted by molar-refractivity contribution is 0.399. The summed E-state index contributed by atoms with van der Waals surface area (Å²) in [6, 6.07) is 24.0. The quantitative estimate of drug-likeness (QED) is 0.232. The van der Waals surface area contributed by atoms with E-state index >= 15 is 0 Å². The van der Waals surface area contributed by atoms with Crippen molar-refractivity contribution in [1.29, 1.82) is 0 Å². The molecule has 1 saturated carbocycles. The molecule has 0 N–H and O–H groups in total. The van der Waals surface area contributed by atoms with Crippen LogP contribution in [0.15, 0.2) is 60.7 Å². The highest BCUT2D eigenvalue weighted by molar-refractivity contribution is 7.23. The lowest BCUT2D eigenvalue weighted by atomic mass is 9.70. The molecule has 0 atom stereocenters. The van der Waals surface area contributed by atoms with E-state index in [2.05, 4.69) is 74.5 Å². The van der Waals surface area contributed by atoms with Crippen LogP contribution in [0.3, 0.4) is 0 Å². The molecular formula is C37H44S2. The Hall–Kier alpha value is -2.16. The number of fused-ring (bicyclic) bond motifs is 5. The van der Waals surface area contributed by atoms with E-state index in [9.17, 15) is 0 Å². The third-order valence-electron chi connectivity index (χ3n) is 9.35. The molecule has 0 amide bonds. The van der Waals surface area contributed by atoms with Crippen molar-refractivity contribution < 1.29 is 0 Å².